The molecule has 5 nitrogen and oxygen atoms in total. The number of hydrogen-bond acceptors (Lipinski definition) is 4. The number of anilines is 1. The second-order valence-corrected chi connectivity index (χ2v) is 6.88. The minimum absolute atomic E-state index is 0.371. The number of sulfonamides is 1. The molecular formula is C14H23N3O2S. The van der Waals surface area contributed by atoms with E-state index in [0.29, 0.717) is 23.9 Å². The molecule has 1 unspecified atom stereocenters. The molecule has 1 fully saturated rings. The Kier molecular flexibility index (Phi) is 5.01. The highest BCUT2D eigenvalue weighted by molar-refractivity contribution is 7.89. The fourth-order valence-electron chi connectivity index (χ4n) is 2.74. The molecule has 1 heterocycles. The van der Waals surface area contributed by atoms with E-state index in [2.05, 4.69) is 9.62 Å². The first kappa shape index (κ1) is 15.3. The lowest BCUT2D eigenvalue weighted by molar-refractivity contribution is 0.546. The number of rotatable bonds is 6. The van der Waals surface area contributed by atoms with Gasteiger partial charge < -0.3 is 10.6 Å². The number of nitrogens with zero attached hydrogens (tertiary/aromatic N) is 1. The molecule has 0 saturated carbocycles. The first-order valence-electron chi connectivity index (χ1n) is 7.12. The van der Waals surface area contributed by atoms with Gasteiger partial charge in [-0.25, -0.2) is 13.1 Å². The van der Waals surface area contributed by atoms with Crippen LogP contribution >= 0.6 is 0 Å². The zero-order valence-corrected chi connectivity index (χ0v) is 12.7. The van der Waals surface area contributed by atoms with E-state index in [0.717, 1.165) is 31.6 Å². The lowest BCUT2D eigenvalue weighted by atomic mass is 10.1. The normalized spacial score (nSPS) is 19.5. The molecule has 1 atom stereocenters. The van der Waals surface area contributed by atoms with Gasteiger partial charge in [0.15, 0.2) is 0 Å². The number of para-hydroxylation sites is 1. The van der Waals surface area contributed by atoms with Crippen molar-refractivity contribution in [2.45, 2.75) is 24.7 Å². The maximum Gasteiger partial charge on any atom is 0.242 e. The smallest absolute Gasteiger partial charge is 0.242 e. The summed E-state index contributed by atoms with van der Waals surface area (Å²) in [6, 6.07) is 7.20. The molecule has 1 aliphatic rings. The molecule has 0 aromatic heterocycles. The van der Waals surface area contributed by atoms with E-state index in [1.165, 1.54) is 0 Å². The van der Waals surface area contributed by atoms with Crippen LogP contribution in [0.3, 0.4) is 0 Å². The number of nitrogens with one attached hydrogen (secondary N) is 1. The van der Waals surface area contributed by atoms with Gasteiger partial charge in [0.25, 0.3) is 0 Å². The second-order valence-electron chi connectivity index (χ2n) is 5.15. The monoisotopic (exact) mass is 297 g/mol. The summed E-state index contributed by atoms with van der Waals surface area (Å²) in [5.41, 5.74) is 6.41. The molecule has 0 amide bonds. The standard InChI is InChI=1S/C14H23N3O2S/c1-2-16-20(18,19)14-6-4-3-5-13(14)17-10-8-12(11-17)7-9-15/h3-6,12,16H,2,7-11,15H2,1H3. The van der Waals surface area contributed by atoms with Gasteiger partial charge in [-0.3, -0.25) is 0 Å². The molecule has 2 rings (SSSR count). The van der Waals surface area contributed by atoms with Crippen LogP contribution in [0, 0.1) is 5.92 Å². The van der Waals surface area contributed by atoms with Crippen LogP contribution in [0.4, 0.5) is 5.69 Å². The van der Waals surface area contributed by atoms with Crippen LogP contribution in [0.15, 0.2) is 29.2 Å². The van der Waals surface area contributed by atoms with E-state index < -0.39 is 10.0 Å². The first-order valence-corrected chi connectivity index (χ1v) is 8.60. The Morgan fingerprint density at radius 2 is 2.15 bits per heavy atom. The van der Waals surface area contributed by atoms with Gasteiger partial charge in [0.05, 0.1) is 5.69 Å². The highest BCUT2D eigenvalue weighted by Crippen LogP contribution is 2.30. The predicted molar refractivity (Wildman–Crippen MR) is 81.3 cm³/mol. The van der Waals surface area contributed by atoms with Crippen molar-refractivity contribution < 1.29 is 8.42 Å². The first-order chi connectivity index (χ1) is 9.58. The Labute approximate surface area is 121 Å². The summed E-state index contributed by atoms with van der Waals surface area (Å²) in [5.74, 6) is 0.565. The van der Waals surface area contributed by atoms with Crippen molar-refractivity contribution in [3.63, 3.8) is 0 Å². The second kappa shape index (κ2) is 6.56. The number of benzene rings is 1. The fourth-order valence-corrected chi connectivity index (χ4v) is 4.00. The summed E-state index contributed by atoms with van der Waals surface area (Å²) >= 11 is 0. The molecule has 1 aromatic carbocycles. The third-order valence-electron chi connectivity index (χ3n) is 3.69. The quantitative estimate of drug-likeness (QED) is 0.826. The maximum absolute atomic E-state index is 12.3. The van der Waals surface area contributed by atoms with E-state index >= 15 is 0 Å². The molecular weight excluding hydrogens is 274 g/mol. The van der Waals surface area contributed by atoms with Crippen molar-refractivity contribution in [2.75, 3.05) is 31.1 Å². The average Bonchev–Trinajstić information content (AvgIpc) is 2.88. The molecule has 3 N–H and O–H groups in total. The largest absolute Gasteiger partial charge is 0.370 e. The molecule has 0 aliphatic carbocycles. The van der Waals surface area contributed by atoms with Gasteiger partial charge >= 0.3 is 0 Å². The van der Waals surface area contributed by atoms with E-state index in [1.54, 1.807) is 19.1 Å². The summed E-state index contributed by atoms with van der Waals surface area (Å²) in [6.07, 6.45) is 2.07. The molecule has 1 aromatic rings. The van der Waals surface area contributed by atoms with Gasteiger partial charge in [-0.05, 0) is 37.4 Å². The number of nitrogens with two attached hydrogens (primary N) is 1. The Hall–Kier alpha value is -1.11. The summed E-state index contributed by atoms with van der Waals surface area (Å²) in [7, 11) is -3.42. The zero-order chi connectivity index (χ0) is 14.6. The fraction of sp³-hybridized carbons (Fsp3) is 0.571. The molecule has 0 bridgehead atoms. The Bertz CT molecular complexity index is 545. The van der Waals surface area contributed by atoms with E-state index in [-0.39, 0.29) is 0 Å². The third-order valence-corrected chi connectivity index (χ3v) is 5.28. The van der Waals surface area contributed by atoms with Crippen LogP contribution in [-0.4, -0.2) is 34.6 Å². The Balaban J connectivity index is 2.25. The van der Waals surface area contributed by atoms with Gasteiger partial charge in [0.2, 0.25) is 10.0 Å². The highest BCUT2D eigenvalue weighted by Gasteiger charge is 2.26. The van der Waals surface area contributed by atoms with Crippen LogP contribution in [-0.2, 0) is 10.0 Å². The van der Waals surface area contributed by atoms with Gasteiger partial charge in [0.1, 0.15) is 4.90 Å². The van der Waals surface area contributed by atoms with Crippen molar-refractivity contribution in [3.8, 4) is 0 Å². The van der Waals surface area contributed by atoms with Crippen molar-refractivity contribution in [1.29, 1.82) is 0 Å². The van der Waals surface area contributed by atoms with Crippen LogP contribution in [0.2, 0.25) is 0 Å². The lowest BCUT2D eigenvalue weighted by Crippen LogP contribution is -2.27. The molecule has 0 spiro atoms. The minimum Gasteiger partial charge on any atom is -0.370 e. The molecule has 20 heavy (non-hydrogen) atoms. The van der Waals surface area contributed by atoms with Gasteiger partial charge in [-0.15, -0.1) is 0 Å². The van der Waals surface area contributed by atoms with Crippen LogP contribution in [0.25, 0.3) is 0 Å². The SMILES string of the molecule is CCNS(=O)(=O)c1ccccc1N1CCC(CCN)C1. The number of hydrogen-bond donors (Lipinski definition) is 2. The summed E-state index contributed by atoms with van der Waals surface area (Å²) in [5, 5.41) is 0. The summed E-state index contributed by atoms with van der Waals surface area (Å²) < 4.78 is 27.1. The Morgan fingerprint density at radius 3 is 2.85 bits per heavy atom. The topological polar surface area (TPSA) is 75.4 Å². The van der Waals surface area contributed by atoms with Crippen LogP contribution in [0.1, 0.15) is 19.8 Å². The molecule has 1 saturated heterocycles. The summed E-state index contributed by atoms with van der Waals surface area (Å²) in [4.78, 5) is 2.53. The zero-order valence-electron chi connectivity index (χ0n) is 11.9. The van der Waals surface area contributed by atoms with E-state index in [9.17, 15) is 8.42 Å². The Morgan fingerprint density at radius 1 is 1.40 bits per heavy atom. The van der Waals surface area contributed by atoms with Crippen molar-refractivity contribution in [1.82, 2.24) is 4.72 Å². The third kappa shape index (κ3) is 3.31. The van der Waals surface area contributed by atoms with Gasteiger partial charge in [0, 0.05) is 19.6 Å². The summed E-state index contributed by atoms with van der Waals surface area (Å²) in [6.45, 7) is 4.65. The minimum atomic E-state index is -3.42. The lowest BCUT2D eigenvalue weighted by Gasteiger charge is -2.22. The van der Waals surface area contributed by atoms with E-state index in [4.69, 9.17) is 5.73 Å². The molecule has 0 radical (unpaired) electrons. The predicted octanol–water partition coefficient (Wildman–Crippen LogP) is 1.16. The molecule has 6 heteroatoms. The van der Waals surface area contributed by atoms with Crippen molar-refractivity contribution in [3.05, 3.63) is 24.3 Å². The molecule has 112 valence electrons. The van der Waals surface area contributed by atoms with E-state index in [1.807, 2.05) is 12.1 Å². The van der Waals surface area contributed by atoms with Crippen LogP contribution < -0.4 is 15.4 Å². The maximum atomic E-state index is 12.3. The van der Waals surface area contributed by atoms with Gasteiger partial charge in [-0.2, -0.15) is 0 Å². The highest BCUT2D eigenvalue weighted by atomic mass is 32.2. The average molecular weight is 297 g/mol. The molecule has 1 aliphatic heterocycles. The van der Waals surface area contributed by atoms with Crippen molar-refractivity contribution in [2.24, 2.45) is 11.7 Å². The van der Waals surface area contributed by atoms with Crippen LogP contribution in [0.5, 0.6) is 0 Å². The van der Waals surface area contributed by atoms with Gasteiger partial charge in [-0.1, -0.05) is 19.1 Å². The van der Waals surface area contributed by atoms with Crippen molar-refractivity contribution >= 4 is 15.7 Å².